The molecule has 1 atom stereocenters. The van der Waals surface area contributed by atoms with Gasteiger partial charge in [0.15, 0.2) is 0 Å². The quantitative estimate of drug-likeness (QED) is 0.752. The topological polar surface area (TPSA) is 26.0 Å². The number of fused-ring (bicyclic) bond motifs is 4. The third kappa shape index (κ3) is 1.58. The standard InChI is InChI=1S/C18H17N/c19-18-7-3-6-14-16-9-8-12-4-1-2-5-13(12)15(16)10-11-17(14)18/h1-6,8-9,18H,7,10-11,19H2/t18-/m1/s1. The normalized spacial score (nSPS) is 21.4. The van der Waals surface area contributed by atoms with Crippen molar-refractivity contribution in [1.29, 1.82) is 0 Å². The molecule has 0 saturated heterocycles. The minimum absolute atomic E-state index is 0.222. The third-order valence-corrected chi connectivity index (χ3v) is 4.44. The fraction of sp³-hybridized carbons (Fsp3) is 0.222. The molecule has 0 spiro atoms. The highest BCUT2D eigenvalue weighted by Gasteiger charge is 2.24. The second kappa shape index (κ2) is 4.07. The summed E-state index contributed by atoms with van der Waals surface area (Å²) in [7, 11) is 0. The first-order valence-corrected chi connectivity index (χ1v) is 7.01. The van der Waals surface area contributed by atoms with Gasteiger partial charge in [-0.25, -0.2) is 0 Å². The van der Waals surface area contributed by atoms with Crippen LogP contribution in [-0.2, 0) is 6.42 Å². The maximum Gasteiger partial charge on any atom is 0.0298 e. The number of hydrogen-bond donors (Lipinski definition) is 1. The number of rotatable bonds is 0. The summed E-state index contributed by atoms with van der Waals surface area (Å²) in [4.78, 5) is 0. The number of allylic oxidation sites excluding steroid dienone is 2. The lowest BCUT2D eigenvalue weighted by Gasteiger charge is -2.29. The molecule has 0 saturated carbocycles. The molecule has 2 aromatic rings. The van der Waals surface area contributed by atoms with Gasteiger partial charge < -0.3 is 5.73 Å². The van der Waals surface area contributed by atoms with E-state index in [4.69, 9.17) is 5.73 Å². The number of hydrogen-bond acceptors (Lipinski definition) is 1. The van der Waals surface area contributed by atoms with Crippen LogP contribution in [0.3, 0.4) is 0 Å². The molecule has 0 unspecified atom stereocenters. The lowest BCUT2D eigenvalue weighted by Crippen LogP contribution is -2.27. The second-order valence-corrected chi connectivity index (χ2v) is 5.50. The molecule has 94 valence electrons. The van der Waals surface area contributed by atoms with Crippen molar-refractivity contribution >= 4 is 16.3 Å². The van der Waals surface area contributed by atoms with Crippen molar-refractivity contribution in [3.63, 3.8) is 0 Å². The van der Waals surface area contributed by atoms with Gasteiger partial charge in [-0.2, -0.15) is 0 Å². The van der Waals surface area contributed by atoms with E-state index in [0.717, 1.165) is 19.3 Å². The van der Waals surface area contributed by atoms with Gasteiger partial charge in [0.05, 0.1) is 0 Å². The fourth-order valence-electron chi connectivity index (χ4n) is 3.48. The van der Waals surface area contributed by atoms with E-state index in [0.29, 0.717) is 0 Å². The van der Waals surface area contributed by atoms with E-state index in [2.05, 4.69) is 48.6 Å². The van der Waals surface area contributed by atoms with E-state index in [1.807, 2.05) is 0 Å². The lowest BCUT2D eigenvalue weighted by atomic mass is 9.78. The van der Waals surface area contributed by atoms with Crippen molar-refractivity contribution in [1.82, 2.24) is 0 Å². The van der Waals surface area contributed by atoms with Crippen LogP contribution >= 0.6 is 0 Å². The SMILES string of the molecule is N[C@@H]1CC=CC2=C1CCc1c2ccc2ccccc12. The van der Waals surface area contributed by atoms with Crippen LogP contribution < -0.4 is 5.73 Å². The van der Waals surface area contributed by atoms with Crippen LogP contribution in [0.2, 0.25) is 0 Å². The van der Waals surface area contributed by atoms with E-state index in [1.54, 1.807) is 0 Å². The zero-order chi connectivity index (χ0) is 12.8. The Kier molecular flexibility index (Phi) is 2.36. The summed E-state index contributed by atoms with van der Waals surface area (Å²) in [6.45, 7) is 0. The van der Waals surface area contributed by atoms with Crippen LogP contribution in [0, 0.1) is 0 Å². The molecule has 1 nitrogen and oxygen atoms in total. The molecule has 0 bridgehead atoms. The van der Waals surface area contributed by atoms with E-state index >= 15 is 0 Å². The van der Waals surface area contributed by atoms with E-state index in [1.165, 1.54) is 33.0 Å². The molecule has 2 aliphatic rings. The predicted molar refractivity (Wildman–Crippen MR) is 80.9 cm³/mol. The van der Waals surface area contributed by atoms with Gasteiger partial charge in [0.25, 0.3) is 0 Å². The van der Waals surface area contributed by atoms with Gasteiger partial charge in [-0.05, 0) is 52.3 Å². The average molecular weight is 247 g/mol. The van der Waals surface area contributed by atoms with Gasteiger partial charge >= 0.3 is 0 Å². The molecule has 0 aliphatic heterocycles. The van der Waals surface area contributed by atoms with Crippen LogP contribution in [0.5, 0.6) is 0 Å². The summed E-state index contributed by atoms with van der Waals surface area (Å²) < 4.78 is 0. The van der Waals surface area contributed by atoms with Crippen LogP contribution in [0.25, 0.3) is 16.3 Å². The Morgan fingerprint density at radius 3 is 2.84 bits per heavy atom. The molecular formula is C18H17N. The first-order valence-electron chi connectivity index (χ1n) is 7.01. The van der Waals surface area contributed by atoms with Crippen molar-refractivity contribution in [2.45, 2.75) is 25.3 Å². The van der Waals surface area contributed by atoms with E-state index < -0.39 is 0 Å². The Hall–Kier alpha value is -1.86. The minimum Gasteiger partial charge on any atom is -0.324 e. The molecule has 4 rings (SSSR count). The zero-order valence-corrected chi connectivity index (χ0v) is 10.9. The molecule has 0 heterocycles. The first-order chi connectivity index (χ1) is 9.34. The van der Waals surface area contributed by atoms with Crippen LogP contribution in [-0.4, -0.2) is 6.04 Å². The number of nitrogens with two attached hydrogens (primary N) is 1. The van der Waals surface area contributed by atoms with Crippen molar-refractivity contribution in [3.8, 4) is 0 Å². The largest absolute Gasteiger partial charge is 0.324 e. The van der Waals surface area contributed by atoms with Crippen LogP contribution in [0.4, 0.5) is 0 Å². The second-order valence-electron chi connectivity index (χ2n) is 5.50. The molecule has 2 N–H and O–H groups in total. The number of benzene rings is 2. The van der Waals surface area contributed by atoms with Crippen molar-refractivity contribution < 1.29 is 0 Å². The van der Waals surface area contributed by atoms with Gasteiger partial charge in [0, 0.05) is 6.04 Å². The average Bonchev–Trinajstić information content (AvgIpc) is 2.47. The van der Waals surface area contributed by atoms with Gasteiger partial charge in [0.1, 0.15) is 0 Å². The van der Waals surface area contributed by atoms with E-state index in [-0.39, 0.29) is 6.04 Å². The van der Waals surface area contributed by atoms with Gasteiger partial charge in [-0.3, -0.25) is 0 Å². The number of aryl methyl sites for hydroxylation is 1. The van der Waals surface area contributed by atoms with Gasteiger partial charge in [-0.15, -0.1) is 0 Å². The molecule has 0 fully saturated rings. The molecule has 1 heteroatoms. The summed E-state index contributed by atoms with van der Waals surface area (Å²) >= 11 is 0. The summed E-state index contributed by atoms with van der Waals surface area (Å²) in [5.74, 6) is 0. The summed E-state index contributed by atoms with van der Waals surface area (Å²) in [5.41, 5.74) is 12.0. The Labute approximate surface area is 113 Å². The molecule has 19 heavy (non-hydrogen) atoms. The minimum atomic E-state index is 0.222. The highest BCUT2D eigenvalue weighted by molar-refractivity contribution is 5.94. The van der Waals surface area contributed by atoms with Gasteiger partial charge in [0.2, 0.25) is 0 Å². The van der Waals surface area contributed by atoms with Crippen molar-refractivity contribution in [3.05, 3.63) is 65.3 Å². The first kappa shape index (κ1) is 11.0. The van der Waals surface area contributed by atoms with Crippen molar-refractivity contribution in [2.75, 3.05) is 0 Å². The zero-order valence-electron chi connectivity index (χ0n) is 10.9. The molecule has 0 radical (unpaired) electrons. The van der Waals surface area contributed by atoms with Crippen molar-refractivity contribution in [2.24, 2.45) is 5.73 Å². The Balaban J connectivity index is 2.01. The molecule has 0 aromatic heterocycles. The third-order valence-electron chi connectivity index (χ3n) is 4.44. The highest BCUT2D eigenvalue weighted by Crippen LogP contribution is 2.39. The Morgan fingerprint density at radius 2 is 1.89 bits per heavy atom. The lowest BCUT2D eigenvalue weighted by molar-refractivity contribution is 0.718. The fourth-order valence-corrected chi connectivity index (χ4v) is 3.48. The van der Waals surface area contributed by atoms with Crippen LogP contribution in [0.15, 0.2) is 54.1 Å². The van der Waals surface area contributed by atoms with Gasteiger partial charge in [-0.1, -0.05) is 48.6 Å². The maximum atomic E-state index is 6.25. The Morgan fingerprint density at radius 1 is 1.00 bits per heavy atom. The van der Waals surface area contributed by atoms with Crippen LogP contribution in [0.1, 0.15) is 24.0 Å². The predicted octanol–water partition coefficient (Wildman–Crippen LogP) is 3.83. The monoisotopic (exact) mass is 247 g/mol. The maximum absolute atomic E-state index is 6.25. The molecule has 0 amide bonds. The molecule has 2 aromatic carbocycles. The Bertz CT molecular complexity index is 722. The smallest absolute Gasteiger partial charge is 0.0298 e. The summed E-state index contributed by atoms with van der Waals surface area (Å²) in [6.07, 6.45) is 7.71. The summed E-state index contributed by atoms with van der Waals surface area (Å²) in [5, 5.41) is 2.74. The van der Waals surface area contributed by atoms with E-state index in [9.17, 15) is 0 Å². The highest BCUT2D eigenvalue weighted by atomic mass is 14.6. The molecule has 2 aliphatic carbocycles. The molecular weight excluding hydrogens is 230 g/mol. The summed E-state index contributed by atoms with van der Waals surface area (Å²) in [6, 6.07) is 13.4.